The molecule has 0 radical (unpaired) electrons. The van der Waals surface area contributed by atoms with E-state index in [0.29, 0.717) is 22.5 Å². The van der Waals surface area contributed by atoms with Gasteiger partial charge in [-0.15, -0.1) is 0 Å². The molecule has 0 aliphatic rings. The van der Waals surface area contributed by atoms with Gasteiger partial charge in [0, 0.05) is 11.1 Å². The van der Waals surface area contributed by atoms with Crippen LogP contribution >= 0.6 is 0 Å². The number of carbonyl (C=O) groups is 2. The number of hydrogen-bond donors (Lipinski definition) is 0. The fourth-order valence-corrected chi connectivity index (χ4v) is 1.72. The van der Waals surface area contributed by atoms with E-state index in [1.807, 2.05) is 26.0 Å². The molecular formula is C16H14N2O2. The first-order chi connectivity index (χ1) is 9.63. The van der Waals surface area contributed by atoms with Crippen LogP contribution in [-0.4, -0.2) is 12.6 Å². The number of benzene rings is 2. The van der Waals surface area contributed by atoms with Crippen LogP contribution in [0.4, 0.5) is 11.4 Å². The second-order valence-corrected chi connectivity index (χ2v) is 4.53. The summed E-state index contributed by atoms with van der Waals surface area (Å²) in [5, 5.41) is 8.34. The third kappa shape index (κ3) is 3.03. The van der Waals surface area contributed by atoms with E-state index in [-0.39, 0.29) is 0 Å². The smallest absolute Gasteiger partial charge is 0.150 e. The summed E-state index contributed by atoms with van der Waals surface area (Å²) in [5.41, 5.74) is 4.27. The summed E-state index contributed by atoms with van der Waals surface area (Å²) in [6.07, 6.45) is 1.55. The zero-order valence-electron chi connectivity index (χ0n) is 11.3. The van der Waals surface area contributed by atoms with Gasteiger partial charge in [0.2, 0.25) is 0 Å². The van der Waals surface area contributed by atoms with Crippen LogP contribution in [0.1, 0.15) is 31.8 Å². The van der Waals surface area contributed by atoms with E-state index in [2.05, 4.69) is 10.2 Å². The van der Waals surface area contributed by atoms with Crippen molar-refractivity contribution in [3.63, 3.8) is 0 Å². The average Bonchev–Trinajstić information content (AvgIpc) is 2.48. The van der Waals surface area contributed by atoms with Crippen molar-refractivity contribution in [3.8, 4) is 0 Å². The quantitative estimate of drug-likeness (QED) is 0.610. The van der Waals surface area contributed by atoms with Crippen molar-refractivity contribution >= 4 is 23.9 Å². The van der Waals surface area contributed by atoms with Gasteiger partial charge in [-0.2, -0.15) is 10.2 Å². The fraction of sp³-hybridized carbons (Fsp3) is 0.125. The standard InChI is InChI=1S/C16H14N2O2/c1-11-3-5-13(9-19)7-15(11)17-18-16-8-14(10-20)6-4-12(16)2/h3-10H,1-2H3/b18-17-. The minimum atomic E-state index is 0.558. The molecule has 0 saturated heterocycles. The number of carbonyl (C=O) groups excluding carboxylic acids is 2. The lowest BCUT2D eigenvalue weighted by Gasteiger charge is -2.02. The Hall–Kier alpha value is -2.62. The van der Waals surface area contributed by atoms with E-state index in [9.17, 15) is 9.59 Å². The minimum Gasteiger partial charge on any atom is -0.298 e. The van der Waals surface area contributed by atoms with Crippen LogP contribution in [0.3, 0.4) is 0 Å². The third-order valence-electron chi connectivity index (χ3n) is 3.00. The number of rotatable bonds is 4. The van der Waals surface area contributed by atoms with E-state index >= 15 is 0 Å². The maximum atomic E-state index is 10.8. The first kappa shape index (κ1) is 13.8. The maximum absolute atomic E-state index is 10.8. The van der Waals surface area contributed by atoms with Gasteiger partial charge in [0.25, 0.3) is 0 Å². The Morgan fingerprint density at radius 3 is 1.50 bits per heavy atom. The Morgan fingerprint density at radius 1 is 0.750 bits per heavy atom. The molecule has 20 heavy (non-hydrogen) atoms. The number of nitrogens with zero attached hydrogens (tertiary/aromatic N) is 2. The molecule has 0 amide bonds. The van der Waals surface area contributed by atoms with Gasteiger partial charge in [-0.25, -0.2) is 0 Å². The molecule has 4 heteroatoms. The fourth-order valence-electron chi connectivity index (χ4n) is 1.72. The van der Waals surface area contributed by atoms with Crippen LogP contribution < -0.4 is 0 Å². The van der Waals surface area contributed by atoms with Crippen LogP contribution in [-0.2, 0) is 0 Å². The van der Waals surface area contributed by atoms with Gasteiger partial charge in [-0.3, -0.25) is 9.59 Å². The van der Waals surface area contributed by atoms with Crippen LogP contribution in [0.5, 0.6) is 0 Å². The van der Waals surface area contributed by atoms with E-state index in [1.54, 1.807) is 24.3 Å². The SMILES string of the molecule is Cc1ccc(C=O)cc1/N=N\c1cc(C=O)ccc1C. The molecular weight excluding hydrogens is 252 g/mol. The van der Waals surface area contributed by atoms with Crippen LogP contribution in [0.25, 0.3) is 0 Å². The molecule has 0 saturated carbocycles. The molecule has 0 fully saturated rings. The van der Waals surface area contributed by atoms with E-state index < -0.39 is 0 Å². The van der Waals surface area contributed by atoms with Crippen molar-refractivity contribution in [3.05, 3.63) is 58.7 Å². The van der Waals surface area contributed by atoms with Gasteiger partial charge in [0.15, 0.2) is 0 Å². The molecule has 0 N–H and O–H groups in total. The van der Waals surface area contributed by atoms with Crippen molar-refractivity contribution in [1.29, 1.82) is 0 Å². The van der Waals surface area contributed by atoms with Crippen LogP contribution in [0, 0.1) is 13.8 Å². The summed E-state index contributed by atoms with van der Waals surface area (Å²) >= 11 is 0. The van der Waals surface area contributed by atoms with Gasteiger partial charge in [-0.05, 0) is 37.1 Å². The summed E-state index contributed by atoms with van der Waals surface area (Å²) in [6, 6.07) is 10.5. The lowest BCUT2D eigenvalue weighted by atomic mass is 10.1. The molecule has 100 valence electrons. The monoisotopic (exact) mass is 266 g/mol. The zero-order valence-corrected chi connectivity index (χ0v) is 11.3. The summed E-state index contributed by atoms with van der Waals surface area (Å²) in [5.74, 6) is 0. The van der Waals surface area contributed by atoms with Crippen molar-refractivity contribution < 1.29 is 9.59 Å². The first-order valence-electron chi connectivity index (χ1n) is 6.17. The molecule has 0 atom stereocenters. The van der Waals surface area contributed by atoms with Gasteiger partial charge >= 0.3 is 0 Å². The van der Waals surface area contributed by atoms with E-state index in [0.717, 1.165) is 23.7 Å². The van der Waals surface area contributed by atoms with Gasteiger partial charge in [0.1, 0.15) is 12.6 Å². The molecule has 4 nitrogen and oxygen atoms in total. The normalized spacial score (nSPS) is 10.7. The molecule has 0 spiro atoms. The molecule has 0 aliphatic carbocycles. The Morgan fingerprint density at radius 2 is 1.15 bits per heavy atom. The van der Waals surface area contributed by atoms with Crippen LogP contribution in [0.2, 0.25) is 0 Å². The molecule has 2 aromatic carbocycles. The van der Waals surface area contributed by atoms with Crippen molar-refractivity contribution in [1.82, 2.24) is 0 Å². The molecule has 0 aromatic heterocycles. The van der Waals surface area contributed by atoms with Crippen molar-refractivity contribution in [2.75, 3.05) is 0 Å². The highest BCUT2D eigenvalue weighted by Gasteiger charge is 2.01. The molecule has 0 heterocycles. The number of aryl methyl sites for hydroxylation is 2. The van der Waals surface area contributed by atoms with Gasteiger partial charge < -0.3 is 0 Å². The minimum absolute atomic E-state index is 0.558. The lowest BCUT2D eigenvalue weighted by Crippen LogP contribution is -1.82. The van der Waals surface area contributed by atoms with Crippen molar-refractivity contribution in [2.45, 2.75) is 13.8 Å². The van der Waals surface area contributed by atoms with Crippen molar-refractivity contribution in [2.24, 2.45) is 10.2 Å². The summed E-state index contributed by atoms with van der Waals surface area (Å²) in [6.45, 7) is 3.80. The molecule has 0 unspecified atom stereocenters. The number of azo groups is 1. The van der Waals surface area contributed by atoms with E-state index in [4.69, 9.17) is 0 Å². The van der Waals surface area contributed by atoms with Crippen LogP contribution in [0.15, 0.2) is 46.6 Å². The number of aldehydes is 2. The third-order valence-corrected chi connectivity index (χ3v) is 3.00. The Labute approximate surface area is 117 Å². The highest BCUT2D eigenvalue weighted by molar-refractivity contribution is 5.78. The Balaban J connectivity index is 2.38. The highest BCUT2D eigenvalue weighted by atomic mass is 16.1. The Bertz CT molecular complexity index is 631. The first-order valence-corrected chi connectivity index (χ1v) is 6.17. The largest absolute Gasteiger partial charge is 0.298 e. The molecule has 2 aromatic rings. The molecule has 2 rings (SSSR count). The second-order valence-electron chi connectivity index (χ2n) is 4.53. The summed E-state index contributed by atoms with van der Waals surface area (Å²) in [7, 11) is 0. The topological polar surface area (TPSA) is 58.9 Å². The zero-order chi connectivity index (χ0) is 14.5. The van der Waals surface area contributed by atoms with Gasteiger partial charge in [0.05, 0.1) is 11.4 Å². The number of hydrogen-bond acceptors (Lipinski definition) is 4. The maximum Gasteiger partial charge on any atom is 0.150 e. The van der Waals surface area contributed by atoms with E-state index in [1.165, 1.54) is 0 Å². The predicted molar refractivity (Wildman–Crippen MR) is 77.3 cm³/mol. The molecule has 0 bridgehead atoms. The second kappa shape index (κ2) is 6.02. The highest BCUT2D eigenvalue weighted by Crippen LogP contribution is 2.25. The summed E-state index contributed by atoms with van der Waals surface area (Å²) < 4.78 is 0. The predicted octanol–water partition coefficient (Wildman–Crippen LogP) is 4.34. The Kier molecular flexibility index (Phi) is 4.15. The average molecular weight is 266 g/mol. The lowest BCUT2D eigenvalue weighted by molar-refractivity contribution is 0.111. The summed E-state index contributed by atoms with van der Waals surface area (Å²) in [4.78, 5) is 21.5. The molecule has 0 aliphatic heterocycles. The van der Waals surface area contributed by atoms with Gasteiger partial charge in [-0.1, -0.05) is 24.3 Å².